The molecule has 0 aliphatic carbocycles. The van der Waals surface area contributed by atoms with Crippen LogP contribution in [0.4, 0.5) is 0 Å². The van der Waals surface area contributed by atoms with Crippen LogP contribution in [0.2, 0.25) is 0 Å². The summed E-state index contributed by atoms with van der Waals surface area (Å²) in [5, 5.41) is 14.2. The molecule has 1 unspecified atom stereocenters. The number of aliphatic hydroxyl groups excluding tert-OH is 1. The third-order valence-electron chi connectivity index (χ3n) is 3.86. The third-order valence-corrected chi connectivity index (χ3v) is 6.25. The Morgan fingerprint density at radius 3 is 2.62 bits per heavy atom. The quantitative estimate of drug-likeness (QED) is 0.310. The van der Waals surface area contributed by atoms with Crippen molar-refractivity contribution in [1.82, 2.24) is 10.6 Å². The van der Waals surface area contributed by atoms with E-state index in [1.807, 2.05) is 0 Å². The van der Waals surface area contributed by atoms with Crippen LogP contribution in [0.3, 0.4) is 0 Å². The Bertz CT molecular complexity index is 629. The van der Waals surface area contributed by atoms with Gasteiger partial charge < -0.3 is 15.7 Å². The number of amides is 2. The molecule has 0 aromatic rings. The van der Waals surface area contributed by atoms with Crippen LogP contribution in [0.25, 0.3) is 0 Å². The second kappa shape index (κ2) is 12.0. The largest absolute Gasteiger partial charge is 0.475 e. The summed E-state index contributed by atoms with van der Waals surface area (Å²) in [5.41, 5.74) is -0.715. The summed E-state index contributed by atoms with van der Waals surface area (Å²) in [6.45, 7) is 7.21. The van der Waals surface area contributed by atoms with Crippen molar-refractivity contribution in [3.8, 4) is 0 Å². The molecule has 1 saturated heterocycles. The van der Waals surface area contributed by atoms with Gasteiger partial charge in [-0.05, 0) is 13.8 Å². The minimum atomic E-state index is -3.78. The van der Waals surface area contributed by atoms with Crippen molar-refractivity contribution in [2.24, 2.45) is 5.41 Å². The lowest BCUT2D eigenvalue weighted by atomic mass is 9.87. The van der Waals surface area contributed by atoms with Gasteiger partial charge in [-0.2, -0.15) is 0 Å². The number of nitrogens with one attached hydrogen (secondary N) is 2. The standard InChI is InChI=1S/C17H31N2O8PS/c1-5-25-28(24)26-11-17(3,4)15(27-28)16(23)19-7-6-13(21)18-8-9-29-14(22)10-12(2)20/h12,15,20H,5-11H2,1-4H3,(H,18,21)(H,19,23)/t12-,15+,28?/m1/s1. The van der Waals surface area contributed by atoms with Gasteiger partial charge in [0.2, 0.25) is 11.8 Å². The van der Waals surface area contributed by atoms with Gasteiger partial charge in [0.25, 0.3) is 0 Å². The highest BCUT2D eigenvalue weighted by Gasteiger charge is 2.48. The first-order valence-electron chi connectivity index (χ1n) is 9.44. The zero-order valence-corrected chi connectivity index (χ0v) is 19.0. The Hall–Kier alpha value is -0.970. The Morgan fingerprint density at radius 2 is 2.00 bits per heavy atom. The second-order valence-corrected chi connectivity index (χ2v) is 10.1. The summed E-state index contributed by atoms with van der Waals surface area (Å²) in [4.78, 5) is 35.7. The molecule has 2 amide bonds. The molecule has 1 rings (SSSR count). The molecule has 1 aliphatic rings. The Morgan fingerprint density at radius 1 is 1.31 bits per heavy atom. The Labute approximate surface area is 175 Å². The number of thioether (sulfide) groups is 1. The molecule has 10 nitrogen and oxygen atoms in total. The molecule has 0 saturated carbocycles. The predicted octanol–water partition coefficient (Wildman–Crippen LogP) is 1.23. The number of rotatable bonds is 11. The van der Waals surface area contributed by atoms with Gasteiger partial charge in [-0.25, -0.2) is 4.57 Å². The fraction of sp³-hybridized carbons (Fsp3) is 0.824. The lowest BCUT2D eigenvalue weighted by molar-refractivity contribution is -0.141. The van der Waals surface area contributed by atoms with Gasteiger partial charge in [-0.15, -0.1) is 0 Å². The van der Waals surface area contributed by atoms with E-state index < -0.39 is 31.4 Å². The van der Waals surface area contributed by atoms with Gasteiger partial charge in [-0.3, -0.25) is 28.0 Å². The highest BCUT2D eigenvalue weighted by molar-refractivity contribution is 8.13. The fourth-order valence-electron chi connectivity index (χ4n) is 2.39. The number of carbonyl (C=O) groups excluding carboxylic acids is 3. The summed E-state index contributed by atoms with van der Waals surface area (Å²) in [6, 6.07) is 0. The SMILES string of the molecule is CCOP1(=O)OCC(C)(C)[C@H](C(=O)NCCC(=O)NCCSC(=O)C[C@@H](C)O)O1. The maximum atomic E-state index is 12.4. The lowest BCUT2D eigenvalue weighted by Crippen LogP contribution is -2.50. The molecule has 0 radical (unpaired) electrons. The minimum absolute atomic E-state index is 0.0360. The first kappa shape index (κ1) is 26.1. The molecule has 0 spiro atoms. The van der Waals surface area contributed by atoms with Crippen LogP contribution in [-0.4, -0.2) is 66.3 Å². The molecule has 0 aromatic carbocycles. The maximum absolute atomic E-state index is 12.4. The van der Waals surface area contributed by atoms with Gasteiger partial charge in [0.15, 0.2) is 11.2 Å². The monoisotopic (exact) mass is 454 g/mol. The Balaban J connectivity index is 2.33. The van der Waals surface area contributed by atoms with Crippen LogP contribution in [0.15, 0.2) is 0 Å². The van der Waals surface area contributed by atoms with Crippen molar-refractivity contribution in [2.45, 2.75) is 52.7 Å². The summed E-state index contributed by atoms with van der Waals surface area (Å²) in [7, 11) is -3.78. The number of phosphoric acid groups is 1. The second-order valence-electron chi connectivity index (χ2n) is 7.28. The van der Waals surface area contributed by atoms with Crippen LogP contribution >= 0.6 is 19.6 Å². The Kier molecular flexibility index (Phi) is 10.8. The highest BCUT2D eigenvalue weighted by Crippen LogP contribution is 2.56. The number of phosphoric ester groups is 1. The van der Waals surface area contributed by atoms with Gasteiger partial charge in [-0.1, -0.05) is 25.6 Å². The lowest BCUT2D eigenvalue weighted by Gasteiger charge is -2.39. The molecule has 12 heteroatoms. The van der Waals surface area contributed by atoms with Crippen LogP contribution in [0, 0.1) is 5.41 Å². The van der Waals surface area contributed by atoms with E-state index >= 15 is 0 Å². The van der Waals surface area contributed by atoms with Crippen molar-refractivity contribution >= 4 is 36.5 Å². The average molecular weight is 454 g/mol. The van der Waals surface area contributed by atoms with Gasteiger partial charge in [0.05, 0.1) is 19.3 Å². The molecule has 1 heterocycles. The van der Waals surface area contributed by atoms with Gasteiger partial charge in [0, 0.05) is 37.1 Å². The summed E-state index contributed by atoms with van der Waals surface area (Å²) in [6.07, 6.45) is -1.59. The van der Waals surface area contributed by atoms with E-state index in [4.69, 9.17) is 18.7 Å². The number of hydrogen-bond donors (Lipinski definition) is 3. The van der Waals surface area contributed by atoms with Crippen molar-refractivity contribution in [1.29, 1.82) is 0 Å². The first-order valence-corrected chi connectivity index (χ1v) is 11.9. The normalized spacial score (nSPS) is 24.5. The summed E-state index contributed by atoms with van der Waals surface area (Å²) < 4.78 is 27.8. The average Bonchev–Trinajstić information content (AvgIpc) is 2.61. The van der Waals surface area contributed by atoms with Gasteiger partial charge >= 0.3 is 7.82 Å². The van der Waals surface area contributed by atoms with E-state index in [2.05, 4.69) is 10.6 Å². The zero-order valence-electron chi connectivity index (χ0n) is 17.3. The van der Waals surface area contributed by atoms with Crippen molar-refractivity contribution in [2.75, 3.05) is 32.1 Å². The summed E-state index contributed by atoms with van der Waals surface area (Å²) in [5.74, 6) is -0.369. The molecule has 0 bridgehead atoms. The van der Waals surface area contributed by atoms with E-state index in [0.29, 0.717) is 12.3 Å². The predicted molar refractivity (Wildman–Crippen MR) is 108 cm³/mol. The molecule has 1 aliphatic heterocycles. The van der Waals surface area contributed by atoms with Crippen LogP contribution < -0.4 is 10.6 Å². The minimum Gasteiger partial charge on any atom is -0.393 e. The van der Waals surface area contributed by atoms with Crippen LogP contribution in [0.1, 0.15) is 40.5 Å². The van der Waals surface area contributed by atoms with E-state index in [-0.39, 0.29) is 43.6 Å². The topological polar surface area (TPSA) is 140 Å². The molecular weight excluding hydrogens is 423 g/mol. The summed E-state index contributed by atoms with van der Waals surface area (Å²) >= 11 is 1.05. The van der Waals surface area contributed by atoms with Crippen LogP contribution in [-0.2, 0) is 32.5 Å². The van der Waals surface area contributed by atoms with Crippen molar-refractivity contribution < 1.29 is 37.6 Å². The van der Waals surface area contributed by atoms with E-state index in [0.717, 1.165) is 11.8 Å². The maximum Gasteiger partial charge on any atom is 0.475 e. The number of aliphatic hydroxyl groups is 1. The fourth-order valence-corrected chi connectivity index (χ4v) is 4.82. The zero-order chi connectivity index (χ0) is 22.1. The van der Waals surface area contributed by atoms with Crippen molar-refractivity contribution in [3.63, 3.8) is 0 Å². The molecule has 168 valence electrons. The van der Waals surface area contributed by atoms with Crippen LogP contribution in [0.5, 0.6) is 0 Å². The molecule has 29 heavy (non-hydrogen) atoms. The smallest absolute Gasteiger partial charge is 0.393 e. The number of carbonyl (C=O) groups is 3. The van der Waals surface area contributed by atoms with E-state index in [9.17, 15) is 18.9 Å². The molecule has 3 N–H and O–H groups in total. The number of hydrogen-bond acceptors (Lipinski definition) is 9. The highest BCUT2D eigenvalue weighted by atomic mass is 32.2. The van der Waals surface area contributed by atoms with Crippen molar-refractivity contribution in [3.05, 3.63) is 0 Å². The van der Waals surface area contributed by atoms with Gasteiger partial charge in [0.1, 0.15) is 0 Å². The van der Waals surface area contributed by atoms with E-state index in [1.54, 1.807) is 20.8 Å². The third kappa shape index (κ3) is 9.59. The molecular formula is C17H31N2O8PS. The molecule has 0 aromatic heterocycles. The van der Waals surface area contributed by atoms with E-state index in [1.165, 1.54) is 6.92 Å². The first-order chi connectivity index (χ1) is 13.5. The molecule has 1 fully saturated rings. The molecule has 3 atom stereocenters.